The lowest BCUT2D eigenvalue weighted by atomic mass is 10.0. The third kappa shape index (κ3) is 7.83. The average Bonchev–Trinajstić information content (AvgIpc) is 2.17. The maximum atomic E-state index is 2.30. The molecule has 0 aromatic rings. The summed E-state index contributed by atoms with van der Waals surface area (Å²) in [5.41, 5.74) is 1.63. The van der Waals surface area contributed by atoms with Gasteiger partial charge in [-0.2, -0.15) is 0 Å². The SMILES string of the molecule is CC=CC=C(CCCC)CCCC. The van der Waals surface area contributed by atoms with Crippen molar-refractivity contribution in [3.8, 4) is 0 Å². The molecule has 0 saturated carbocycles. The molecule has 0 bridgehead atoms. The lowest BCUT2D eigenvalue weighted by molar-refractivity contribution is 0.713. The third-order valence-corrected chi connectivity index (χ3v) is 2.23. The number of unbranched alkanes of at least 4 members (excludes halogenated alkanes) is 2. The number of rotatable bonds is 7. The maximum Gasteiger partial charge on any atom is -0.0317 e. The zero-order valence-electron chi connectivity index (χ0n) is 9.47. The summed E-state index contributed by atoms with van der Waals surface area (Å²) in [5, 5.41) is 0. The van der Waals surface area contributed by atoms with Gasteiger partial charge in [-0.05, 0) is 32.6 Å². The van der Waals surface area contributed by atoms with E-state index >= 15 is 0 Å². The summed E-state index contributed by atoms with van der Waals surface area (Å²) in [4.78, 5) is 0. The molecule has 0 heteroatoms. The van der Waals surface area contributed by atoms with Gasteiger partial charge in [0.1, 0.15) is 0 Å². The Hall–Kier alpha value is -0.520. The largest absolute Gasteiger partial charge is 0.0877 e. The summed E-state index contributed by atoms with van der Waals surface area (Å²) in [6.45, 7) is 6.59. The predicted molar refractivity (Wildman–Crippen MR) is 61.9 cm³/mol. The van der Waals surface area contributed by atoms with Gasteiger partial charge in [-0.1, -0.05) is 50.5 Å². The van der Waals surface area contributed by atoms with Gasteiger partial charge >= 0.3 is 0 Å². The van der Waals surface area contributed by atoms with Gasteiger partial charge in [-0.3, -0.25) is 0 Å². The van der Waals surface area contributed by atoms with Crippen LogP contribution in [-0.2, 0) is 0 Å². The predicted octanol–water partition coefficient (Wildman–Crippen LogP) is 4.87. The van der Waals surface area contributed by atoms with Crippen LogP contribution in [-0.4, -0.2) is 0 Å². The lowest BCUT2D eigenvalue weighted by Gasteiger charge is -2.04. The van der Waals surface area contributed by atoms with Crippen molar-refractivity contribution in [2.75, 3.05) is 0 Å². The van der Waals surface area contributed by atoms with Crippen LogP contribution < -0.4 is 0 Å². The first-order valence-electron chi connectivity index (χ1n) is 5.65. The molecule has 13 heavy (non-hydrogen) atoms. The van der Waals surface area contributed by atoms with Gasteiger partial charge in [0.15, 0.2) is 0 Å². The van der Waals surface area contributed by atoms with Gasteiger partial charge in [-0.15, -0.1) is 0 Å². The quantitative estimate of drug-likeness (QED) is 0.490. The van der Waals surface area contributed by atoms with Gasteiger partial charge < -0.3 is 0 Å². The Balaban J connectivity index is 3.86. The highest BCUT2D eigenvalue weighted by molar-refractivity contribution is 5.11. The molecule has 0 aliphatic rings. The summed E-state index contributed by atoms with van der Waals surface area (Å²) in [5.74, 6) is 0. The van der Waals surface area contributed by atoms with E-state index < -0.39 is 0 Å². The van der Waals surface area contributed by atoms with Gasteiger partial charge in [0, 0.05) is 0 Å². The van der Waals surface area contributed by atoms with E-state index in [0.29, 0.717) is 0 Å². The van der Waals surface area contributed by atoms with Crippen LogP contribution in [0.1, 0.15) is 59.3 Å². The second-order valence-electron chi connectivity index (χ2n) is 3.56. The smallest absolute Gasteiger partial charge is 0.0317 e. The first kappa shape index (κ1) is 12.5. The molecule has 0 aromatic carbocycles. The molecule has 0 unspecified atom stereocenters. The van der Waals surface area contributed by atoms with Crippen molar-refractivity contribution in [2.24, 2.45) is 0 Å². The molecule has 0 radical (unpaired) electrons. The second kappa shape index (κ2) is 9.57. The van der Waals surface area contributed by atoms with Crippen molar-refractivity contribution >= 4 is 0 Å². The lowest BCUT2D eigenvalue weighted by Crippen LogP contribution is -1.84. The Morgan fingerprint density at radius 2 is 1.54 bits per heavy atom. The van der Waals surface area contributed by atoms with E-state index in [-0.39, 0.29) is 0 Å². The third-order valence-electron chi connectivity index (χ3n) is 2.23. The normalized spacial score (nSPS) is 10.7. The topological polar surface area (TPSA) is 0 Å². The summed E-state index contributed by atoms with van der Waals surface area (Å²) in [7, 11) is 0. The zero-order valence-corrected chi connectivity index (χ0v) is 9.47. The van der Waals surface area contributed by atoms with E-state index in [1.165, 1.54) is 38.5 Å². The summed E-state index contributed by atoms with van der Waals surface area (Å²) >= 11 is 0. The minimum Gasteiger partial charge on any atom is -0.0877 e. The minimum absolute atomic E-state index is 1.29. The van der Waals surface area contributed by atoms with Gasteiger partial charge in [0.05, 0.1) is 0 Å². The van der Waals surface area contributed by atoms with Gasteiger partial charge in [-0.25, -0.2) is 0 Å². The molecule has 0 atom stereocenters. The van der Waals surface area contributed by atoms with Crippen LogP contribution >= 0.6 is 0 Å². The highest BCUT2D eigenvalue weighted by Gasteiger charge is 1.94. The molecule has 0 nitrogen and oxygen atoms in total. The highest BCUT2D eigenvalue weighted by Crippen LogP contribution is 2.14. The highest BCUT2D eigenvalue weighted by atomic mass is 14.0. The van der Waals surface area contributed by atoms with Crippen LogP contribution in [0.25, 0.3) is 0 Å². The molecule has 0 fully saturated rings. The molecule has 0 saturated heterocycles. The zero-order chi connectivity index (χ0) is 9.94. The van der Waals surface area contributed by atoms with E-state index in [9.17, 15) is 0 Å². The molecule has 0 spiro atoms. The van der Waals surface area contributed by atoms with E-state index in [0.717, 1.165) is 0 Å². The van der Waals surface area contributed by atoms with Crippen LogP contribution in [0.15, 0.2) is 23.8 Å². The number of allylic oxidation sites excluding steroid dienone is 4. The van der Waals surface area contributed by atoms with E-state index in [1.807, 2.05) is 0 Å². The van der Waals surface area contributed by atoms with Gasteiger partial charge in [0.2, 0.25) is 0 Å². The van der Waals surface area contributed by atoms with Crippen LogP contribution in [0.2, 0.25) is 0 Å². The minimum atomic E-state index is 1.29. The average molecular weight is 180 g/mol. The van der Waals surface area contributed by atoms with E-state index in [4.69, 9.17) is 0 Å². The van der Waals surface area contributed by atoms with E-state index in [2.05, 4.69) is 39.0 Å². The molecule has 0 rings (SSSR count). The molecular formula is C13H24. The second-order valence-corrected chi connectivity index (χ2v) is 3.56. The fourth-order valence-corrected chi connectivity index (χ4v) is 1.33. The summed E-state index contributed by atoms with van der Waals surface area (Å²) < 4.78 is 0. The number of hydrogen-bond acceptors (Lipinski definition) is 0. The van der Waals surface area contributed by atoms with Crippen LogP contribution in [0.4, 0.5) is 0 Å². The Kier molecular flexibility index (Phi) is 9.18. The molecule has 0 aliphatic carbocycles. The van der Waals surface area contributed by atoms with Crippen LogP contribution in [0.5, 0.6) is 0 Å². The Labute approximate surface area is 83.7 Å². The summed E-state index contributed by atoms with van der Waals surface area (Å²) in [6.07, 6.45) is 14.4. The Morgan fingerprint density at radius 1 is 1.00 bits per heavy atom. The molecule has 0 heterocycles. The monoisotopic (exact) mass is 180 g/mol. The van der Waals surface area contributed by atoms with Gasteiger partial charge in [0.25, 0.3) is 0 Å². The first-order valence-corrected chi connectivity index (χ1v) is 5.65. The van der Waals surface area contributed by atoms with Crippen LogP contribution in [0.3, 0.4) is 0 Å². The fourth-order valence-electron chi connectivity index (χ4n) is 1.33. The van der Waals surface area contributed by atoms with Crippen molar-refractivity contribution in [2.45, 2.75) is 59.3 Å². The van der Waals surface area contributed by atoms with Crippen molar-refractivity contribution < 1.29 is 0 Å². The fraction of sp³-hybridized carbons (Fsp3) is 0.692. The molecule has 0 aliphatic heterocycles. The number of hydrogen-bond donors (Lipinski definition) is 0. The van der Waals surface area contributed by atoms with Crippen molar-refractivity contribution in [3.05, 3.63) is 23.8 Å². The molecular weight excluding hydrogens is 156 g/mol. The molecule has 0 amide bonds. The Bertz CT molecular complexity index is 141. The summed E-state index contributed by atoms with van der Waals surface area (Å²) in [6, 6.07) is 0. The van der Waals surface area contributed by atoms with Crippen LogP contribution in [0, 0.1) is 0 Å². The van der Waals surface area contributed by atoms with Crippen molar-refractivity contribution in [1.82, 2.24) is 0 Å². The molecule has 0 N–H and O–H groups in total. The Morgan fingerprint density at radius 3 is 1.92 bits per heavy atom. The maximum absolute atomic E-state index is 2.30. The molecule has 76 valence electrons. The first-order chi connectivity index (χ1) is 6.35. The van der Waals surface area contributed by atoms with Crippen molar-refractivity contribution in [1.29, 1.82) is 0 Å². The van der Waals surface area contributed by atoms with Crippen molar-refractivity contribution in [3.63, 3.8) is 0 Å². The standard InChI is InChI=1S/C13H24/c1-4-7-10-13(11-8-5-2)12-9-6-3/h4,7,10H,5-6,8-9,11-12H2,1-3H3. The van der Waals surface area contributed by atoms with E-state index in [1.54, 1.807) is 5.57 Å². The molecule has 0 aromatic heterocycles.